The van der Waals surface area contributed by atoms with Gasteiger partial charge in [0.05, 0.1) is 10.0 Å². The zero-order valence-electron chi connectivity index (χ0n) is 16.7. The highest BCUT2D eigenvalue weighted by Crippen LogP contribution is 2.31. The maximum Gasteiger partial charge on any atom is 0.253 e. The summed E-state index contributed by atoms with van der Waals surface area (Å²) < 4.78 is 4.78. The Hall–Kier alpha value is -3.43. The van der Waals surface area contributed by atoms with Crippen molar-refractivity contribution in [3.8, 4) is 0 Å². The molecular weight excluding hydrogens is 453 g/mol. The largest absolute Gasteiger partial charge is 0.350 e. The molecule has 1 aliphatic rings. The van der Waals surface area contributed by atoms with Crippen molar-refractivity contribution in [2.45, 2.75) is 0 Å². The van der Waals surface area contributed by atoms with Crippen molar-refractivity contribution >= 4 is 57.7 Å². The molecule has 0 aliphatic carbocycles. The minimum Gasteiger partial charge on any atom is -0.350 e. The summed E-state index contributed by atoms with van der Waals surface area (Å²) in [5.74, 6) is 1.09. The van der Waals surface area contributed by atoms with E-state index in [1.807, 2.05) is 35.2 Å². The van der Waals surface area contributed by atoms with Crippen LogP contribution >= 0.6 is 23.2 Å². The molecule has 0 saturated carbocycles. The van der Waals surface area contributed by atoms with Crippen molar-refractivity contribution < 1.29 is 9.42 Å². The minimum absolute atomic E-state index is 0.0154. The summed E-state index contributed by atoms with van der Waals surface area (Å²) in [5.41, 5.74) is 1.97. The molecule has 0 unspecified atom stereocenters. The molecule has 32 heavy (non-hydrogen) atoms. The SMILES string of the molecule is O=C(c1ccccc1)N1CCN(c2nc3nonc3nc2Nc2ccc(Cl)c(Cl)c2)CC1. The minimum atomic E-state index is 0.0154. The maximum atomic E-state index is 12.8. The van der Waals surface area contributed by atoms with E-state index in [0.29, 0.717) is 64.8 Å². The summed E-state index contributed by atoms with van der Waals surface area (Å²) in [6.07, 6.45) is 0. The van der Waals surface area contributed by atoms with E-state index in [2.05, 4.69) is 30.5 Å². The highest BCUT2D eigenvalue weighted by molar-refractivity contribution is 6.42. The Morgan fingerprint density at radius 3 is 2.34 bits per heavy atom. The smallest absolute Gasteiger partial charge is 0.253 e. The Balaban J connectivity index is 1.39. The van der Waals surface area contributed by atoms with Gasteiger partial charge in [0.25, 0.3) is 5.91 Å². The van der Waals surface area contributed by atoms with Gasteiger partial charge in [-0.1, -0.05) is 41.4 Å². The van der Waals surface area contributed by atoms with E-state index in [9.17, 15) is 4.79 Å². The lowest BCUT2D eigenvalue weighted by Crippen LogP contribution is -2.49. The lowest BCUT2D eigenvalue weighted by molar-refractivity contribution is 0.0746. The van der Waals surface area contributed by atoms with Gasteiger partial charge in [0, 0.05) is 37.4 Å². The summed E-state index contributed by atoms with van der Waals surface area (Å²) in [6.45, 7) is 2.27. The fourth-order valence-corrected chi connectivity index (χ4v) is 3.83. The number of aromatic nitrogens is 4. The summed E-state index contributed by atoms with van der Waals surface area (Å²) in [5, 5.41) is 11.7. The van der Waals surface area contributed by atoms with Crippen LogP contribution in [0.3, 0.4) is 0 Å². The molecule has 0 radical (unpaired) electrons. The van der Waals surface area contributed by atoms with E-state index in [1.54, 1.807) is 18.2 Å². The fraction of sp³-hybridized carbons (Fsp3) is 0.190. The van der Waals surface area contributed by atoms with Gasteiger partial charge in [-0.25, -0.2) is 14.6 Å². The molecule has 0 atom stereocenters. The topological polar surface area (TPSA) is 100 Å². The van der Waals surface area contributed by atoms with E-state index >= 15 is 0 Å². The first-order valence-corrected chi connectivity index (χ1v) is 10.7. The molecule has 2 aromatic heterocycles. The van der Waals surface area contributed by atoms with Gasteiger partial charge < -0.3 is 15.1 Å². The van der Waals surface area contributed by atoms with Gasteiger partial charge in [-0.15, -0.1) is 0 Å². The van der Waals surface area contributed by atoms with Crippen LogP contribution in [0, 0.1) is 0 Å². The Labute approximate surface area is 192 Å². The van der Waals surface area contributed by atoms with Crippen LogP contribution in [-0.2, 0) is 0 Å². The highest BCUT2D eigenvalue weighted by Gasteiger charge is 2.26. The second kappa shape index (κ2) is 8.60. The molecule has 0 bridgehead atoms. The zero-order chi connectivity index (χ0) is 22.1. The van der Waals surface area contributed by atoms with Gasteiger partial charge in [0.2, 0.25) is 11.3 Å². The second-order valence-corrected chi connectivity index (χ2v) is 8.02. The number of anilines is 3. The molecule has 1 fully saturated rings. The first-order valence-electron chi connectivity index (χ1n) is 9.90. The number of piperazine rings is 1. The Morgan fingerprint density at radius 2 is 1.62 bits per heavy atom. The predicted molar refractivity (Wildman–Crippen MR) is 122 cm³/mol. The number of rotatable bonds is 4. The highest BCUT2D eigenvalue weighted by atomic mass is 35.5. The number of nitrogens with zero attached hydrogens (tertiary/aromatic N) is 6. The average molecular weight is 470 g/mol. The van der Waals surface area contributed by atoms with Crippen molar-refractivity contribution in [2.75, 3.05) is 36.4 Å². The normalized spacial score (nSPS) is 14.1. The number of hydrogen-bond donors (Lipinski definition) is 1. The number of carbonyl (C=O) groups excluding carboxylic acids is 1. The number of nitrogens with one attached hydrogen (secondary N) is 1. The number of hydrogen-bond acceptors (Lipinski definition) is 8. The molecule has 11 heteroatoms. The molecule has 1 aliphatic heterocycles. The third-order valence-electron chi connectivity index (χ3n) is 5.17. The second-order valence-electron chi connectivity index (χ2n) is 7.21. The molecule has 1 amide bonds. The number of fused-ring (bicyclic) bond motifs is 1. The number of amides is 1. The molecule has 4 aromatic rings. The van der Waals surface area contributed by atoms with Gasteiger partial charge in [-0.2, -0.15) is 0 Å². The van der Waals surface area contributed by atoms with E-state index in [4.69, 9.17) is 27.8 Å². The van der Waals surface area contributed by atoms with Crippen LogP contribution in [0.2, 0.25) is 10.0 Å². The molecule has 2 aromatic carbocycles. The molecule has 1 N–H and O–H groups in total. The first kappa shape index (κ1) is 20.5. The van der Waals surface area contributed by atoms with Gasteiger partial charge >= 0.3 is 0 Å². The van der Waals surface area contributed by atoms with Crippen molar-refractivity contribution in [1.82, 2.24) is 25.2 Å². The van der Waals surface area contributed by atoms with Gasteiger partial charge in [0.15, 0.2) is 11.6 Å². The molecule has 0 spiro atoms. The van der Waals surface area contributed by atoms with Crippen molar-refractivity contribution in [1.29, 1.82) is 0 Å². The number of carbonyl (C=O) groups is 1. The Morgan fingerprint density at radius 1 is 0.906 bits per heavy atom. The van der Waals surface area contributed by atoms with Crippen LogP contribution in [-0.4, -0.2) is 57.3 Å². The predicted octanol–water partition coefficient (Wildman–Crippen LogP) is 4.03. The van der Waals surface area contributed by atoms with Crippen molar-refractivity contribution in [2.24, 2.45) is 0 Å². The van der Waals surface area contributed by atoms with Crippen LogP contribution in [0.5, 0.6) is 0 Å². The summed E-state index contributed by atoms with van der Waals surface area (Å²) >= 11 is 12.2. The van der Waals surface area contributed by atoms with Crippen LogP contribution in [0.15, 0.2) is 53.2 Å². The molecule has 3 heterocycles. The van der Waals surface area contributed by atoms with Crippen molar-refractivity contribution in [3.05, 3.63) is 64.1 Å². The number of benzene rings is 2. The summed E-state index contributed by atoms with van der Waals surface area (Å²) in [6, 6.07) is 14.5. The lowest BCUT2D eigenvalue weighted by atomic mass is 10.2. The lowest BCUT2D eigenvalue weighted by Gasteiger charge is -2.35. The van der Waals surface area contributed by atoms with Crippen molar-refractivity contribution in [3.63, 3.8) is 0 Å². The van der Waals surface area contributed by atoms with E-state index in [0.717, 1.165) is 0 Å². The number of halogens is 2. The van der Waals surface area contributed by atoms with Gasteiger partial charge in [-0.05, 0) is 40.6 Å². The Kier molecular flexibility index (Phi) is 5.50. The molecular formula is C21H17Cl2N7O2. The third-order valence-corrected chi connectivity index (χ3v) is 5.90. The van der Waals surface area contributed by atoms with E-state index < -0.39 is 0 Å². The molecule has 9 nitrogen and oxygen atoms in total. The quantitative estimate of drug-likeness (QED) is 0.478. The van der Waals surface area contributed by atoms with E-state index in [1.165, 1.54) is 0 Å². The van der Waals surface area contributed by atoms with E-state index in [-0.39, 0.29) is 11.6 Å². The van der Waals surface area contributed by atoms with Gasteiger partial charge in [0.1, 0.15) is 0 Å². The molecule has 162 valence electrons. The molecule has 5 rings (SSSR count). The average Bonchev–Trinajstić information content (AvgIpc) is 3.29. The van der Waals surface area contributed by atoms with Crippen LogP contribution in [0.1, 0.15) is 10.4 Å². The third kappa shape index (κ3) is 4.04. The first-order chi connectivity index (χ1) is 15.6. The van der Waals surface area contributed by atoms with Crippen LogP contribution < -0.4 is 10.2 Å². The van der Waals surface area contributed by atoms with Gasteiger partial charge in [-0.3, -0.25) is 4.79 Å². The maximum absolute atomic E-state index is 12.8. The van der Waals surface area contributed by atoms with Crippen LogP contribution in [0.25, 0.3) is 11.3 Å². The standard InChI is InChI=1S/C21H17Cl2N7O2/c22-15-7-6-14(12-16(15)23)24-19-20(26-18-17(25-19)27-32-28-18)29-8-10-30(11-9-29)21(31)13-4-2-1-3-5-13/h1-7,12H,8-11H2,(H,24,25,27). The summed E-state index contributed by atoms with van der Waals surface area (Å²) in [4.78, 5) is 25.8. The van der Waals surface area contributed by atoms with Crippen LogP contribution in [0.4, 0.5) is 17.3 Å². The summed E-state index contributed by atoms with van der Waals surface area (Å²) in [7, 11) is 0. The Bertz CT molecular complexity index is 1270. The fourth-order valence-electron chi connectivity index (χ4n) is 3.53. The molecule has 1 saturated heterocycles. The monoisotopic (exact) mass is 469 g/mol. The zero-order valence-corrected chi connectivity index (χ0v) is 18.2.